The molecule has 0 saturated carbocycles. The molecule has 1 aromatic rings. The summed E-state index contributed by atoms with van der Waals surface area (Å²) in [5.74, 6) is 1.96. The summed E-state index contributed by atoms with van der Waals surface area (Å²) in [7, 11) is 0. The molecule has 1 aliphatic heterocycles. The van der Waals surface area contributed by atoms with Gasteiger partial charge in [0.1, 0.15) is 18.2 Å². The zero-order chi connectivity index (χ0) is 11.5. The molecule has 16 heavy (non-hydrogen) atoms. The SMILES string of the molecule is Cc1ccc(C)c(OCC2=NCCN2)c1C. The Morgan fingerprint density at radius 1 is 1.25 bits per heavy atom. The van der Waals surface area contributed by atoms with Crippen molar-refractivity contribution in [3.8, 4) is 5.75 Å². The van der Waals surface area contributed by atoms with E-state index in [2.05, 4.69) is 43.2 Å². The number of benzene rings is 1. The van der Waals surface area contributed by atoms with E-state index in [1.807, 2.05) is 0 Å². The molecule has 3 heteroatoms. The zero-order valence-corrected chi connectivity index (χ0v) is 10.1. The summed E-state index contributed by atoms with van der Waals surface area (Å²) in [5.41, 5.74) is 3.67. The molecule has 1 N–H and O–H groups in total. The summed E-state index contributed by atoms with van der Waals surface area (Å²) in [5, 5.41) is 3.21. The third-order valence-electron chi connectivity index (χ3n) is 2.97. The lowest BCUT2D eigenvalue weighted by Gasteiger charge is -2.13. The number of ether oxygens (including phenoxy) is 1. The second kappa shape index (κ2) is 4.56. The average Bonchev–Trinajstić information content (AvgIpc) is 2.77. The molecule has 1 aliphatic rings. The quantitative estimate of drug-likeness (QED) is 0.841. The van der Waals surface area contributed by atoms with E-state index in [1.165, 1.54) is 16.7 Å². The van der Waals surface area contributed by atoms with Gasteiger partial charge in [0.15, 0.2) is 0 Å². The summed E-state index contributed by atoms with van der Waals surface area (Å²) in [4.78, 5) is 4.31. The Labute approximate surface area is 96.5 Å². The smallest absolute Gasteiger partial charge is 0.145 e. The zero-order valence-electron chi connectivity index (χ0n) is 10.1. The molecule has 0 spiro atoms. The molecule has 2 rings (SSSR count). The number of amidine groups is 1. The summed E-state index contributed by atoms with van der Waals surface area (Å²) in [6.45, 7) is 8.63. The van der Waals surface area contributed by atoms with Gasteiger partial charge in [0.05, 0.1) is 6.54 Å². The van der Waals surface area contributed by atoms with E-state index in [1.54, 1.807) is 0 Å². The number of nitrogens with one attached hydrogen (secondary N) is 1. The predicted octanol–water partition coefficient (Wildman–Crippen LogP) is 1.99. The van der Waals surface area contributed by atoms with Gasteiger partial charge in [0.2, 0.25) is 0 Å². The van der Waals surface area contributed by atoms with Crippen molar-refractivity contribution in [3.05, 3.63) is 28.8 Å². The van der Waals surface area contributed by atoms with Crippen LogP contribution < -0.4 is 10.1 Å². The van der Waals surface area contributed by atoms with E-state index >= 15 is 0 Å². The summed E-state index contributed by atoms with van der Waals surface area (Å²) in [6.07, 6.45) is 0. The Kier molecular flexibility index (Phi) is 3.13. The normalized spacial score (nSPS) is 14.6. The first kappa shape index (κ1) is 11.0. The monoisotopic (exact) mass is 218 g/mol. The molecular weight excluding hydrogens is 200 g/mol. The van der Waals surface area contributed by atoms with Crippen molar-refractivity contribution >= 4 is 5.84 Å². The molecular formula is C13H18N2O. The Morgan fingerprint density at radius 3 is 2.69 bits per heavy atom. The van der Waals surface area contributed by atoms with Gasteiger partial charge in [-0.05, 0) is 37.5 Å². The van der Waals surface area contributed by atoms with Crippen LogP contribution in [0.3, 0.4) is 0 Å². The van der Waals surface area contributed by atoms with E-state index in [0.717, 1.165) is 24.7 Å². The molecule has 0 atom stereocenters. The van der Waals surface area contributed by atoms with Crippen molar-refractivity contribution in [2.75, 3.05) is 19.7 Å². The number of hydrogen-bond donors (Lipinski definition) is 1. The Morgan fingerprint density at radius 2 is 2.00 bits per heavy atom. The molecule has 0 saturated heterocycles. The molecule has 0 radical (unpaired) electrons. The Bertz CT molecular complexity index is 424. The minimum atomic E-state index is 0.547. The highest BCUT2D eigenvalue weighted by Gasteiger charge is 2.09. The van der Waals surface area contributed by atoms with Crippen LogP contribution in [0.4, 0.5) is 0 Å². The standard InChI is InChI=1S/C13H18N2O/c1-9-4-5-10(2)13(11(9)3)16-8-12-14-6-7-15-12/h4-5H,6-8H2,1-3H3,(H,14,15). The van der Waals surface area contributed by atoms with Crippen molar-refractivity contribution in [1.29, 1.82) is 0 Å². The third kappa shape index (κ3) is 2.18. The van der Waals surface area contributed by atoms with Gasteiger partial charge in [0, 0.05) is 6.54 Å². The third-order valence-corrected chi connectivity index (χ3v) is 2.97. The first-order chi connectivity index (χ1) is 7.68. The van der Waals surface area contributed by atoms with Gasteiger partial charge in [-0.1, -0.05) is 12.1 Å². The van der Waals surface area contributed by atoms with Crippen molar-refractivity contribution in [2.45, 2.75) is 20.8 Å². The van der Waals surface area contributed by atoms with E-state index < -0.39 is 0 Å². The van der Waals surface area contributed by atoms with Crippen LogP contribution in [0.25, 0.3) is 0 Å². The van der Waals surface area contributed by atoms with Crippen LogP contribution >= 0.6 is 0 Å². The molecule has 0 fully saturated rings. The average molecular weight is 218 g/mol. The van der Waals surface area contributed by atoms with E-state index in [-0.39, 0.29) is 0 Å². The second-order valence-electron chi connectivity index (χ2n) is 4.20. The molecule has 0 aliphatic carbocycles. The van der Waals surface area contributed by atoms with Crippen LogP contribution in [0.1, 0.15) is 16.7 Å². The van der Waals surface area contributed by atoms with Crippen LogP contribution in [-0.2, 0) is 0 Å². The molecule has 1 aromatic carbocycles. The van der Waals surface area contributed by atoms with Gasteiger partial charge in [-0.15, -0.1) is 0 Å². The van der Waals surface area contributed by atoms with Gasteiger partial charge in [-0.25, -0.2) is 0 Å². The Balaban J connectivity index is 2.11. The minimum absolute atomic E-state index is 0.547. The van der Waals surface area contributed by atoms with Crippen molar-refractivity contribution < 1.29 is 4.74 Å². The predicted molar refractivity (Wildman–Crippen MR) is 66.5 cm³/mol. The topological polar surface area (TPSA) is 33.6 Å². The molecule has 0 aromatic heterocycles. The second-order valence-corrected chi connectivity index (χ2v) is 4.20. The number of hydrogen-bond acceptors (Lipinski definition) is 3. The van der Waals surface area contributed by atoms with Gasteiger partial charge in [-0.2, -0.15) is 0 Å². The molecule has 1 heterocycles. The molecule has 0 unspecified atom stereocenters. The van der Waals surface area contributed by atoms with E-state index in [4.69, 9.17) is 4.74 Å². The fraction of sp³-hybridized carbons (Fsp3) is 0.462. The van der Waals surface area contributed by atoms with Crippen LogP contribution in [0.15, 0.2) is 17.1 Å². The van der Waals surface area contributed by atoms with Gasteiger partial charge < -0.3 is 10.1 Å². The van der Waals surface area contributed by atoms with E-state index in [9.17, 15) is 0 Å². The first-order valence-corrected chi connectivity index (χ1v) is 5.65. The minimum Gasteiger partial charge on any atom is -0.485 e. The lowest BCUT2D eigenvalue weighted by molar-refractivity contribution is 0.368. The highest BCUT2D eigenvalue weighted by atomic mass is 16.5. The van der Waals surface area contributed by atoms with Crippen molar-refractivity contribution in [3.63, 3.8) is 0 Å². The maximum Gasteiger partial charge on any atom is 0.145 e. The molecule has 0 amide bonds. The number of rotatable bonds is 3. The largest absolute Gasteiger partial charge is 0.485 e. The molecule has 86 valence electrons. The van der Waals surface area contributed by atoms with Gasteiger partial charge in [-0.3, -0.25) is 4.99 Å². The van der Waals surface area contributed by atoms with Gasteiger partial charge in [0.25, 0.3) is 0 Å². The van der Waals surface area contributed by atoms with Crippen molar-refractivity contribution in [1.82, 2.24) is 5.32 Å². The highest BCUT2D eigenvalue weighted by Crippen LogP contribution is 2.25. The summed E-state index contributed by atoms with van der Waals surface area (Å²) >= 11 is 0. The highest BCUT2D eigenvalue weighted by molar-refractivity contribution is 5.85. The summed E-state index contributed by atoms with van der Waals surface area (Å²) in [6, 6.07) is 4.23. The van der Waals surface area contributed by atoms with Crippen LogP contribution in [0, 0.1) is 20.8 Å². The maximum atomic E-state index is 5.84. The van der Waals surface area contributed by atoms with Crippen LogP contribution in [-0.4, -0.2) is 25.5 Å². The molecule has 3 nitrogen and oxygen atoms in total. The van der Waals surface area contributed by atoms with E-state index in [0.29, 0.717) is 6.61 Å². The lowest BCUT2D eigenvalue weighted by atomic mass is 10.1. The molecule has 0 bridgehead atoms. The Hall–Kier alpha value is -1.51. The lowest BCUT2D eigenvalue weighted by Crippen LogP contribution is -2.25. The van der Waals surface area contributed by atoms with Crippen LogP contribution in [0.5, 0.6) is 5.75 Å². The number of nitrogens with zero attached hydrogens (tertiary/aromatic N) is 1. The fourth-order valence-electron chi connectivity index (χ4n) is 1.83. The first-order valence-electron chi connectivity index (χ1n) is 5.65. The number of aliphatic imine (C=N–C) groups is 1. The van der Waals surface area contributed by atoms with Crippen molar-refractivity contribution in [2.24, 2.45) is 4.99 Å². The summed E-state index contributed by atoms with van der Waals surface area (Å²) < 4.78 is 5.84. The maximum absolute atomic E-state index is 5.84. The fourth-order valence-corrected chi connectivity index (χ4v) is 1.83. The van der Waals surface area contributed by atoms with Crippen LogP contribution in [0.2, 0.25) is 0 Å². The number of aryl methyl sites for hydroxylation is 2. The van der Waals surface area contributed by atoms with Gasteiger partial charge >= 0.3 is 0 Å².